The van der Waals surface area contributed by atoms with E-state index in [-0.39, 0.29) is 5.92 Å². The smallest absolute Gasteiger partial charge is 0.412 e. The lowest BCUT2D eigenvalue weighted by Gasteiger charge is -2.19. The number of amides is 1. The standard InChI is InChI=1S/C19H20N2O2/c1-19(2,3)23-18(22)21-16-11-9-15(10-12-16)17(13-20)14-7-5-4-6-8-14/h4-12,17H,1-3H3,(H,21,22). The van der Waals surface area contributed by atoms with Crippen molar-refractivity contribution in [2.24, 2.45) is 0 Å². The van der Waals surface area contributed by atoms with Crippen LogP contribution in [0.25, 0.3) is 0 Å². The summed E-state index contributed by atoms with van der Waals surface area (Å²) in [7, 11) is 0. The molecule has 0 saturated carbocycles. The zero-order chi connectivity index (χ0) is 16.9. The second-order valence-electron chi connectivity index (χ2n) is 6.22. The van der Waals surface area contributed by atoms with Crippen LogP contribution < -0.4 is 5.32 Å². The topological polar surface area (TPSA) is 62.1 Å². The van der Waals surface area contributed by atoms with Gasteiger partial charge in [0.05, 0.1) is 12.0 Å². The Balaban J connectivity index is 2.10. The van der Waals surface area contributed by atoms with Gasteiger partial charge in [-0.05, 0) is 44.0 Å². The number of nitrogens with zero attached hydrogens (tertiary/aromatic N) is 1. The summed E-state index contributed by atoms with van der Waals surface area (Å²) in [5.41, 5.74) is 1.92. The average molecular weight is 308 g/mol. The normalized spacial score (nSPS) is 12.1. The van der Waals surface area contributed by atoms with Crippen molar-refractivity contribution in [2.75, 3.05) is 5.32 Å². The first-order chi connectivity index (χ1) is 10.9. The van der Waals surface area contributed by atoms with Crippen LogP contribution in [-0.2, 0) is 4.74 Å². The largest absolute Gasteiger partial charge is 0.444 e. The van der Waals surface area contributed by atoms with Gasteiger partial charge in [-0.15, -0.1) is 0 Å². The number of nitriles is 1. The predicted molar refractivity (Wildman–Crippen MR) is 90.2 cm³/mol. The molecule has 0 aliphatic carbocycles. The first-order valence-corrected chi connectivity index (χ1v) is 7.43. The van der Waals surface area contributed by atoms with Gasteiger partial charge in [0.1, 0.15) is 5.60 Å². The number of hydrogen-bond acceptors (Lipinski definition) is 3. The minimum Gasteiger partial charge on any atom is -0.444 e. The van der Waals surface area contributed by atoms with Crippen molar-refractivity contribution in [1.82, 2.24) is 0 Å². The van der Waals surface area contributed by atoms with Crippen LogP contribution in [0.15, 0.2) is 54.6 Å². The van der Waals surface area contributed by atoms with Gasteiger partial charge in [0.15, 0.2) is 0 Å². The van der Waals surface area contributed by atoms with E-state index >= 15 is 0 Å². The Morgan fingerprint density at radius 2 is 1.61 bits per heavy atom. The molecule has 2 aromatic rings. The maximum atomic E-state index is 11.7. The summed E-state index contributed by atoms with van der Waals surface area (Å²) in [6.45, 7) is 5.44. The molecule has 0 aliphatic rings. The average Bonchev–Trinajstić information content (AvgIpc) is 2.49. The molecule has 2 aromatic carbocycles. The van der Waals surface area contributed by atoms with E-state index in [1.807, 2.05) is 63.2 Å². The highest BCUT2D eigenvalue weighted by Gasteiger charge is 2.17. The molecule has 0 bridgehead atoms. The Hall–Kier alpha value is -2.80. The Morgan fingerprint density at radius 1 is 1.04 bits per heavy atom. The Labute approximate surface area is 136 Å². The zero-order valence-electron chi connectivity index (χ0n) is 13.5. The molecular weight excluding hydrogens is 288 g/mol. The summed E-state index contributed by atoms with van der Waals surface area (Å²) < 4.78 is 5.21. The van der Waals surface area contributed by atoms with Crippen LogP contribution in [0.2, 0.25) is 0 Å². The third-order valence-electron chi connectivity index (χ3n) is 3.15. The van der Waals surface area contributed by atoms with Gasteiger partial charge in [-0.1, -0.05) is 42.5 Å². The quantitative estimate of drug-likeness (QED) is 0.894. The molecule has 0 aliphatic heterocycles. The lowest BCUT2D eigenvalue weighted by molar-refractivity contribution is 0.0636. The molecular formula is C19H20N2O2. The van der Waals surface area contributed by atoms with E-state index in [0.29, 0.717) is 5.69 Å². The van der Waals surface area contributed by atoms with Crippen LogP contribution in [-0.4, -0.2) is 11.7 Å². The number of carbonyl (C=O) groups excluding carboxylic acids is 1. The first-order valence-electron chi connectivity index (χ1n) is 7.43. The summed E-state index contributed by atoms with van der Waals surface area (Å²) in [6.07, 6.45) is -0.495. The van der Waals surface area contributed by atoms with E-state index in [0.717, 1.165) is 11.1 Å². The van der Waals surface area contributed by atoms with Crippen LogP contribution in [0.4, 0.5) is 10.5 Å². The summed E-state index contributed by atoms with van der Waals surface area (Å²) >= 11 is 0. The second-order valence-corrected chi connectivity index (χ2v) is 6.22. The number of carbonyl (C=O) groups is 1. The van der Waals surface area contributed by atoms with E-state index in [1.54, 1.807) is 12.1 Å². The van der Waals surface area contributed by atoms with Gasteiger partial charge < -0.3 is 4.74 Å². The minimum atomic E-state index is -0.538. The first kappa shape index (κ1) is 16.6. The van der Waals surface area contributed by atoms with Crippen molar-refractivity contribution in [3.8, 4) is 6.07 Å². The molecule has 0 radical (unpaired) electrons. The molecule has 0 fully saturated rings. The fourth-order valence-electron chi connectivity index (χ4n) is 2.17. The van der Waals surface area contributed by atoms with E-state index in [9.17, 15) is 10.1 Å². The van der Waals surface area contributed by atoms with Gasteiger partial charge in [-0.3, -0.25) is 5.32 Å². The van der Waals surface area contributed by atoms with Crippen LogP contribution in [0, 0.1) is 11.3 Å². The molecule has 2 rings (SSSR count). The monoisotopic (exact) mass is 308 g/mol. The van der Waals surface area contributed by atoms with Crippen molar-refractivity contribution in [3.63, 3.8) is 0 Å². The number of nitrogens with one attached hydrogen (secondary N) is 1. The fourth-order valence-corrected chi connectivity index (χ4v) is 2.17. The summed E-state index contributed by atoms with van der Waals surface area (Å²) in [5.74, 6) is -0.327. The van der Waals surface area contributed by atoms with Gasteiger partial charge in [-0.2, -0.15) is 5.26 Å². The van der Waals surface area contributed by atoms with Gasteiger partial charge in [0.25, 0.3) is 0 Å². The van der Waals surface area contributed by atoms with Gasteiger partial charge in [0.2, 0.25) is 0 Å². The minimum absolute atomic E-state index is 0.327. The highest BCUT2D eigenvalue weighted by Crippen LogP contribution is 2.25. The van der Waals surface area contributed by atoms with Crippen LogP contribution in [0.1, 0.15) is 37.8 Å². The van der Waals surface area contributed by atoms with Crippen LogP contribution in [0.5, 0.6) is 0 Å². The third-order valence-corrected chi connectivity index (χ3v) is 3.15. The number of anilines is 1. The van der Waals surface area contributed by atoms with Crippen LogP contribution >= 0.6 is 0 Å². The number of rotatable bonds is 3. The van der Waals surface area contributed by atoms with Crippen molar-refractivity contribution in [1.29, 1.82) is 5.26 Å². The second kappa shape index (κ2) is 6.97. The molecule has 1 amide bonds. The molecule has 4 nitrogen and oxygen atoms in total. The lowest BCUT2D eigenvalue weighted by atomic mass is 9.93. The molecule has 1 unspecified atom stereocenters. The highest BCUT2D eigenvalue weighted by molar-refractivity contribution is 5.84. The number of benzene rings is 2. The third kappa shape index (κ3) is 4.86. The molecule has 0 spiro atoms. The SMILES string of the molecule is CC(C)(C)OC(=O)Nc1ccc(C(C#N)c2ccccc2)cc1. The van der Waals surface area contributed by atoms with Crippen molar-refractivity contribution in [3.05, 3.63) is 65.7 Å². The molecule has 23 heavy (non-hydrogen) atoms. The lowest BCUT2D eigenvalue weighted by Crippen LogP contribution is -2.27. The molecule has 118 valence electrons. The maximum Gasteiger partial charge on any atom is 0.412 e. The molecule has 0 heterocycles. The van der Waals surface area contributed by atoms with Crippen molar-refractivity contribution < 1.29 is 9.53 Å². The zero-order valence-corrected chi connectivity index (χ0v) is 13.5. The van der Waals surface area contributed by atoms with Crippen molar-refractivity contribution in [2.45, 2.75) is 32.3 Å². The van der Waals surface area contributed by atoms with Crippen molar-refractivity contribution >= 4 is 11.8 Å². The molecule has 4 heteroatoms. The van der Waals surface area contributed by atoms with E-state index < -0.39 is 11.7 Å². The predicted octanol–water partition coefficient (Wildman–Crippen LogP) is 4.69. The fraction of sp³-hybridized carbons (Fsp3) is 0.263. The number of ether oxygens (including phenoxy) is 1. The van der Waals surface area contributed by atoms with E-state index in [2.05, 4.69) is 11.4 Å². The Kier molecular flexibility index (Phi) is 5.02. The summed E-state index contributed by atoms with van der Waals surface area (Å²) in [6, 6.07) is 19.2. The summed E-state index contributed by atoms with van der Waals surface area (Å²) in [5, 5.41) is 12.1. The Morgan fingerprint density at radius 3 is 2.13 bits per heavy atom. The van der Waals surface area contributed by atoms with Gasteiger partial charge >= 0.3 is 6.09 Å². The molecule has 1 atom stereocenters. The van der Waals surface area contributed by atoms with Gasteiger partial charge in [0, 0.05) is 5.69 Å². The maximum absolute atomic E-state index is 11.7. The highest BCUT2D eigenvalue weighted by atomic mass is 16.6. The Bertz CT molecular complexity index is 695. The van der Waals surface area contributed by atoms with E-state index in [1.165, 1.54) is 0 Å². The number of hydrogen-bond donors (Lipinski definition) is 1. The molecule has 1 N–H and O–H groups in total. The van der Waals surface area contributed by atoms with Crippen LogP contribution in [0.3, 0.4) is 0 Å². The molecule has 0 aromatic heterocycles. The van der Waals surface area contributed by atoms with E-state index in [4.69, 9.17) is 4.74 Å². The molecule has 0 saturated heterocycles. The summed E-state index contributed by atoms with van der Waals surface area (Å²) in [4.78, 5) is 11.7. The van der Waals surface area contributed by atoms with Gasteiger partial charge in [-0.25, -0.2) is 4.79 Å².